The molecule has 1 aromatic heterocycles. The van der Waals surface area contributed by atoms with Gasteiger partial charge in [-0.2, -0.15) is 18.2 Å². The summed E-state index contributed by atoms with van der Waals surface area (Å²) in [6.45, 7) is 3.41. The van der Waals surface area contributed by atoms with Crippen molar-refractivity contribution in [3.63, 3.8) is 0 Å². The Morgan fingerprint density at radius 3 is 2.34 bits per heavy atom. The van der Waals surface area contributed by atoms with Crippen molar-refractivity contribution in [1.82, 2.24) is 14.9 Å². The zero-order valence-electron chi connectivity index (χ0n) is 24.1. The van der Waals surface area contributed by atoms with Gasteiger partial charge >= 0.3 is 6.18 Å². The van der Waals surface area contributed by atoms with Crippen molar-refractivity contribution in [2.24, 2.45) is 10.7 Å². The van der Waals surface area contributed by atoms with Crippen LogP contribution in [-0.2, 0) is 24.1 Å². The highest BCUT2D eigenvalue weighted by atomic mass is 19.4. The molecule has 0 unspecified atom stereocenters. The van der Waals surface area contributed by atoms with Gasteiger partial charge in [-0.15, -0.1) is 0 Å². The van der Waals surface area contributed by atoms with Crippen molar-refractivity contribution < 1.29 is 22.8 Å². The lowest BCUT2D eigenvalue weighted by Gasteiger charge is -2.17. The first-order valence-corrected chi connectivity index (χ1v) is 13.7. The van der Waals surface area contributed by atoms with Crippen LogP contribution in [0.25, 0.3) is 11.3 Å². The summed E-state index contributed by atoms with van der Waals surface area (Å²) in [5.74, 6) is -0.916. The lowest BCUT2D eigenvalue weighted by molar-refractivity contribution is -0.137. The van der Waals surface area contributed by atoms with Crippen LogP contribution >= 0.6 is 0 Å². The van der Waals surface area contributed by atoms with Crippen LogP contribution in [-0.4, -0.2) is 34.5 Å². The predicted molar refractivity (Wildman–Crippen MR) is 165 cm³/mol. The van der Waals surface area contributed by atoms with Crippen LogP contribution in [0.4, 0.5) is 18.9 Å². The molecular weight excluding hydrogens is 572 g/mol. The summed E-state index contributed by atoms with van der Waals surface area (Å²) in [7, 11) is 0.321. The molecule has 1 heterocycles. The molecule has 9 nitrogen and oxygen atoms in total. The second kappa shape index (κ2) is 13.4. The molecule has 5 N–H and O–H groups in total. The highest BCUT2D eigenvalue weighted by Crippen LogP contribution is 2.33. The maximum atomic E-state index is 13.5. The van der Waals surface area contributed by atoms with E-state index in [1.807, 2.05) is 13.8 Å². The SMILES string of the molecule is CC(C)Bc1ncc(-c2cc(N)cc(C(F)(F)F)c2)n(CC(=O)NCc2ccc(/C(N)=N/C(=O)c3ccccc3)cc2)c1=O. The van der Waals surface area contributed by atoms with E-state index in [9.17, 15) is 27.6 Å². The van der Waals surface area contributed by atoms with Gasteiger partial charge in [0, 0.05) is 28.9 Å². The Bertz CT molecular complexity index is 1750. The number of hydrogen-bond donors (Lipinski definition) is 3. The first-order chi connectivity index (χ1) is 20.8. The number of carbonyl (C=O) groups excluding carboxylic acids is 2. The maximum Gasteiger partial charge on any atom is 0.416 e. The number of carbonyl (C=O) groups is 2. The first-order valence-electron chi connectivity index (χ1n) is 13.7. The minimum Gasteiger partial charge on any atom is -0.399 e. The van der Waals surface area contributed by atoms with E-state index in [0.717, 1.165) is 16.7 Å². The third-order valence-corrected chi connectivity index (χ3v) is 6.59. The monoisotopic (exact) mass is 602 g/mol. The smallest absolute Gasteiger partial charge is 0.399 e. The van der Waals surface area contributed by atoms with Crippen LogP contribution in [0.15, 0.2) is 88.8 Å². The molecule has 0 atom stereocenters. The number of nitrogens with zero attached hydrogens (tertiary/aromatic N) is 3. The Morgan fingerprint density at radius 1 is 1.02 bits per heavy atom. The minimum absolute atomic E-state index is 0.00593. The first kappa shape index (κ1) is 31.7. The topological polar surface area (TPSA) is 145 Å². The van der Waals surface area contributed by atoms with Crippen LogP contribution in [0, 0.1) is 0 Å². The highest BCUT2D eigenvalue weighted by molar-refractivity contribution is 6.53. The summed E-state index contributed by atoms with van der Waals surface area (Å²) in [6.07, 6.45) is -3.38. The van der Waals surface area contributed by atoms with Crippen LogP contribution in [0.1, 0.15) is 40.9 Å². The van der Waals surface area contributed by atoms with Crippen molar-refractivity contribution >= 4 is 36.2 Å². The Hall–Kier alpha value is -5.20. The number of amidine groups is 1. The van der Waals surface area contributed by atoms with Crippen molar-refractivity contribution in [3.8, 4) is 11.3 Å². The minimum atomic E-state index is -4.67. The average Bonchev–Trinajstić information content (AvgIpc) is 2.98. The van der Waals surface area contributed by atoms with Gasteiger partial charge < -0.3 is 16.8 Å². The maximum absolute atomic E-state index is 13.5. The third kappa shape index (κ3) is 8.00. The number of aromatic nitrogens is 2. The number of aliphatic imine (C=N–C) groups is 1. The van der Waals surface area contributed by atoms with E-state index in [2.05, 4.69) is 15.3 Å². The summed E-state index contributed by atoms with van der Waals surface area (Å²) < 4.78 is 41.6. The molecule has 226 valence electrons. The van der Waals surface area contributed by atoms with E-state index in [0.29, 0.717) is 24.0 Å². The van der Waals surface area contributed by atoms with Gasteiger partial charge in [0.25, 0.3) is 11.5 Å². The van der Waals surface area contributed by atoms with Crippen molar-refractivity contribution in [2.75, 3.05) is 5.73 Å². The van der Waals surface area contributed by atoms with Gasteiger partial charge in [-0.1, -0.05) is 62.1 Å². The molecule has 0 aliphatic heterocycles. The number of anilines is 1. The van der Waals surface area contributed by atoms with Crippen LogP contribution in [0.5, 0.6) is 0 Å². The molecule has 0 aliphatic rings. The summed E-state index contributed by atoms with van der Waals surface area (Å²) in [5, 5.41) is 2.72. The molecule has 0 saturated heterocycles. The van der Waals surface area contributed by atoms with Crippen molar-refractivity contribution in [2.45, 2.75) is 38.9 Å². The standard InChI is InChI=1S/C31H30BF3N6O3/c1-18(2)32-27-30(44)41(25(16-39-27)22-12-23(31(33,34)35)14-24(36)13-22)17-26(42)38-15-19-8-10-20(11-9-19)28(37)40-29(43)21-6-4-3-5-7-21/h3-14,16,18,32H,15,17,36H2,1-2H3,(H,38,42)(H2,37,40,43). The molecule has 44 heavy (non-hydrogen) atoms. The Morgan fingerprint density at radius 2 is 1.70 bits per heavy atom. The lowest BCUT2D eigenvalue weighted by Crippen LogP contribution is -2.44. The molecule has 0 spiro atoms. The second-order valence-corrected chi connectivity index (χ2v) is 10.6. The van der Waals surface area contributed by atoms with Gasteiger partial charge in [-0.3, -0.25) is 23.9 Å². The predicted octanol–water partition coefficient (Wildman–Crippen LogP) is 3.26. The Labute approximate surface area is 252 Å². The zero-order valence-corrected chi connectivity index (χ0v) is 24.1. The summed E-state index contributed by atoms with van der Waals surface area (Å²) in [6, 6.07) is 18.2. The van der Waals surface area contributed by atoms with E-state index in [-0.39, 0.29) is 40.7 Å². The molecule has 0 fully saturated rings. The van der Waals surface area contributed by atoms with E-state index < -0.39 is 35.7 Å². The van der Waals surface area contributed by atoms with E-state index >= 15 is 0 Å². The summed E-state index contributed by atoms with van der Waals surface area (Å²) in [5.41, 5.74) is 11.9. The zero-order chi connectivity index (χ0) is 32.0. The molecule has 0 radical (unpaired) electrons. The van der Waals surface area contributed by atoms with Gasteiger partial charge in [-0.05, 0) is 35.9 Å². The fourth-order valence-electron chi connectivity index (χ4n) is 4.42. The number of hydrogen-bond acceptors (Lipinski definition) is 5. The largest absolute Gasteiger partial charge is 0.416 e. The molecular formula is C31H30BF3N6O3. The highest BCUT2D eigenvalue weighted by Gasteiger charge is 2.31. The molecule has 0 aliphatic carbocycles. The fourth-order valence-corrected chi connectivity index (χ4v) is 4.42. The van der Waals surface area contributed by atoms with Gasteiger partial charge in [-0.25, -0.2) is 0 Å². The van der Waals surface area contributed by atoms with E-state index in [1.54, 1.807) is 54.6 Å². The van der Waals surface area contributed by atoms with Crippen LogP contribution in [0.2, 0.25) is 5.82 Å². The second-order valence-electron chi connectivity index (χ2n) is 10.6. The third-order valence-electron chi connectivity index (χ3n) is 6.59. The Kier molecular flexibility index (Phi) is 9.67. The van der Waals surface area contributed by atoms with Crippen LogP contribution in [0.3, 0.4) is 0 Å². The summed E-state index contributed by atoms with van der Waals surface area (Å²) in [4.78, 5) is 46.8. The average molecular weight is 602 g/mol. The van der Waals surface area contributed by atoms with Crippen molar-refractivity contribution in [3.05, 3.63) is 112 Å². The number of nitrogen functional groups attached to an aromatic ring is 1. The molecule has 0 saturated carbocycles. The molecule has 3 aromatic carbocycles. The number of amides is 2. The lowest BCUT2D eigenvalue weighted by atomic mass is 9.63. The van der Waals surface area contributed by atoms with E-state index in [1.165, 1.54) is 12.3 Å². The number of rotatable bonds is 9. The molecule has 2 amide bonds. The normalized spacial score (nSPS) is 11.8. The number of benzene rings is 3. The molecule has 13 heteroatoms. The Balaban J connectivity index is 1.52. The molecule has 4 rings (SSSR count). The number of halogens is 3. The summed E-state index contributed by atoms with van der Waals surface area (Å²) >= 11 is 0. The van der Waals surface area contributed by atoms with Crippen molar-refractivity contribution in [1.29, 1.82) is 0 Å². The van der Waals surface area contributed by atoms with Gasteiger partial charge in [0.15, 0.2) is 7.28 Å². The van der Waals surface area contributed by atoms with E-state index in [4.69, 9.17) is 11.5 Å². The molecule has 0 bridgehead atoms. The van der Waals surface area contributed by atoms with Gasteiger partial charge in [0.2, 0.25) is 5.91 Å². The van der Waals surface area contributed by atoms with Crippen LogP contribution < -0.4 is 27.9 Å². The number of nitrogens with two attached hydrogens (primary N) is 2. The van der Waals surface area contributed by atoms with Gasteiger partial charge in [0.1, 0.15) is 12.4 Å². The quantitative estimate of drug-likeness (QED) is 0.116. The fraction of sp³-hybridized carbons (Fsp3) is 0.194. The number of nitrogens with one attached hydrogen (secondary N) is 1. The molecule has 4 aromatic rings. The number of alkyl halides is 3. The van der Waals surface area contributed by atoms with Gasteiger partial charge in [0.05, 0.1) is 23.0 Å².